The number of nitrogens with one attached hydrogen (secondary N) is 1. The highest BCUT2D eigenvalue weighted by molar-refractivity contribution is 9.10. The molecular formula is C11H19BrN2S. The second-order valence-corrected chi connectivity index (χ2v) is 5.44. The molecule has 0 saturated carbocycles. The average molecular weight is 291 g/mol. The molecule has 0 bridgehead atoms. The molecule has 1 unspecified atom stereocenters. The number of aromatic nitrogens is 1. The van der Waals surface area contributed by atoms with E-state index in [2.05, 4.69) is 40.1 Å². The van der Waals surface area contributed by atoms with Gasteiger partial charge in [0.1, 0.15) is 4.60 Å². The van der Waals surface area contributed by atoms with Crippen LogP contribution in [0.1, 0.15) is 39.5 Å². The van der Waals surface area contributed by atoms with Gasteiger partial charge in [0.2, 0.25) is 0 Å². The molecule has 86 valence electrons. The Hall–Kier alpha value is -0.0900. The highest BCUT2D eigenvalue weighted by atomic mass is 79.9. The van der Waals surface area contributed by atoms with Gasteiger partial charge in [-0.25, -0.2) is 4.98 Å². The summed E-state index contributed by atoms with van der Waals surface area (Å²) >= 11 is 5.01. The number of anilines is 1. The summed E-state index contributed by atoms with van der Waals surface area (Å²) in [6, 6.07) is 0. The van der Waals surface area contributed by atoms with E-state index in [9.17, 15) is 0 Å². The maximum Gasteiger partial charge on any atom is 0.183 e. The van der Waals surface area contributed by atoms with E-state index < -0.39 is 0 Å². The molecule has 4 heteroatoms. The lowest BCUT2D eigenvalue weighted by Crippen LogP contribution is -2.13. The Morgan fingerprint density at radius 2 is 2.33 bits per heavy atom. The summed E-state index contributed by atoms with van der Waals surface area (Å²) in [5.41, 5.74) is 0. The van der Waals surface area contributed by atoms with Gasteiger partial charge in [-0.2, -0.15) is 0 Å². The van der Waals surface area contributed by atoms with Gasteiger partial charge >= 0.3 is 0 Å². The second-order valence-electron chi connectivity index (χ2n) is 3.77. The quantitative estimate of drug-likeness (QED) is 0.798. The largest absolute Gasteiger partial charge is 0.361 e. The molecule has 0 aromatic carbocycles. The van der Waals surface area contributed by atoms with Crippen LogP contribution >= 0.6 is 27.3 Å². The first kappa shape index (κ1) is 13.0. The van der Waals surface area contributed by atoms with Gasteiger partial charge in [-0.1, -0.05) is 33.1 Å². The van der Waals surface area contributed by atoms with Crippen molar-refractivity contribution in [3.8, 4) is 0 Å². The maximum absolute atomic E-state index is 4.32. The van der Waals surface area contributed by atoms with Crippen LogP contribution in [-0.4, -0.2) is 11.5 Å². The van der Waals surface area contributed by atoms with Crippen molar-refractivity contribution in [2.45, 2.75) is 39.5 Å². The van der Waals surface area contributed by atoms with Gasteiger partial charge in [0.05, 0.1) is 0 Å². The van der Waals surface area contributed by atoms with Crippen molar-refractivity contribution >= 4 is 32.4 Å². The van der Waals surface area contributed by atoms with Gasteiger partial charge in [-0.3, -0.25) is 0 Å². The fourth-order valence-electron chi connectivity index (χ4n) is 1.51. The molecule has 1 heterocycles. The first-order valence-corrected chi connectivity index (χ1v) is 7.28. The molecular weight excluding hydrogens is 272 g/mol. The van der Waals surface area contributed by atoms with E-state index in [1.54, 1.807) is 11.3 Å². The molecule has 15 heavy (non-hydrogen) atoms. The lowest BCUT2D eigenvalue weighted by Gasteiger charge is -2.14. The Kier molecular flexibility index (Phi) is 6.25. The van der Waals surface area contributed by atoms with Crippen LogP contribution in [0.25, 0.3) is 0 Å². The lowest BCUT2D eigenvalue weighted by atomic mass is 10.00. The highest BCUT2D eigenvalue weighted by Gasteiger charge is 2.06. The van der Waals surface area contributed by atoms with E-state index in [-0.39, 0.29) is 0 Å². The normalized spacial score (nSPS) is 12.7. The van der Waals surface area contributed by atoms with Crippen molar-refractivity contribution in [3.63, 3.8) is 0 Å². The highest BCUT2D eigenvalue weighted by Crippen LogP contribution is 2.20. The van der Waals surface area contributed by atoms with Gasteiger partial charge in [0.15, 0.2) is 5.13 Å². The van der Waals surface area contributed by atoms with Crippen molar-refractivity contribution in [3.05, 3.63) is 9.98 Å². The zero-order chi connectivity index (χ0) is 11.1. The molecule has 0 aliphatic heterocycles. The van der Waals surface area contributed by atoms with Crippen LogP contribution in [0.3, 0.4) is 0 Å². The second kappa shape index (κ2) is 7.23. The van der Waals surface area contributed by atoms with Gasteiger partial charge < -0.3 is 5.32 Å². The summed E-state index contributed by atoms with van der Waals surface area (Å²) in [5, 5.41) is 6.44. The van der Waals surface area contributed by atoms with Gasteiger partial charge in [0.25, 0.3) is 0 Å². The molecule has 1 aromatic rings. The van der Waals surface area contributed by atoms with Crippen molar-refractivity contribution in [2.24, 2.45) is 5.92 Å². The first-order chi connectivity index (χ1) is 7.26. The molecule has 1 aromatic heterocycles. The number of unbranched alkanes of at least 4 members (excludes halogenated alkanes) is 1. The molecule has 0 fully saturated rings. The van der Waals surface area contributed by atoms with Gasteiger partial charge in [-0.05, 0) is 28.3 Å². The van der Waals surface area contributed by atoms with E-state index in [1.165, 1.54) is 25.7 Å². The van der Waals surface area contributed by atoms with Crippen molar-refractivity contribution < 1.29 is 0 Å². The zero-order valence-corrected chi connectivity index (χ0v) is 11.8. The number of nitrogens with zero attached hydrogens (tertiary/aromatic N) is 1. The van der Waals surface area contributed by atoms with Crippen LogP contribution in [0, 0.1) is 5.92 Å². The van der Waals surface area contributed by atoms with E-state index >= 15 is 0 Å². The monoisotopic (exact) mass is 290 g/mol. The number of thiazole rings is 1. The topological polar surface area (TPSA) is 24.9 Å². The molecule has 0 saturated heterocycles. The SMILES string of the molecule is CCCCC(CC)CNc1nc(Br)cs1. The molecule has 1 N–H and O–H groups in total. The Bertz CT molecular complexity index is 275. The van der Waals surface area contributed by atoms with Crippen LogP contribution in [0.15, 0.2) is 9.98 Å². The molecule has 2 nitrogen and oxygen atoms in total. The number of halogens is 1. The Morgan fingerprint density at radius 1 is 1.53 bits per heavy atom. The van der Waals surface area contributed by atoms with Crippen LogP contribution in [-0.2, 0) is 0 Å². The Morgan fingerprint density at radius 3 is 2.87 bits per heavy atom. The third-order valence-corrected chi connectivity index (χ3v) is 4.07. The summed E-state index contributed by atoms with van der Waals surface area (Å²) < 4.78 is 0.927. The fourth-order valence-corrected chi connectivity index (χ4v) is 2.66. The third-order valence-electron chi connectivity index (χ3n) is 2.56. The summed E-state index contributed by atoms with van der Waals surface area (Å²) in [7, 11) is 0. The van der Waals surface area contributed by atoms with Crippen LogP contribution in [0.5, 0.6) is 0 Å². The van der Waals surface area contributed by atoms with Crippen molar-refractivity contribution in [1.29, 1.82) is 0 Å². The van der Waals surface area contributed by atoms with Gasteiger partial charge in [0, 0.05) is 11.9 Å². The summed E-state index contributed by atoms with van der Waals surface area (Å²) in [6.07, 6.45) is 5.20. The standard InChI is InChI=1S/C11H19BrN2S/c1-3-5-6-9(4-2)7-13-11-14-10(12)8-15-11/h8-9H,3-7H2,1-2H3,(H,13,14). The minimum absolute atomic E-state index is 0.785. The third kappa shape index (κ3) is 4.98. The Balaban J connectivity index is 2.27. The minimum atomic E-state index is 0.785. The Labute approximate surface area is 105 Å². The first-order valence-electron chi connectivity index (χ1n) is 5.61. The van der Waals surface area contributed by atoms with Crippen molar-refractivity contribution in [2.75, 3.05) is 11.9 Å². The van der Waals surface area contributed by atoms with Crippen LogP contribution in [0.4, 0.5) is 5.13 Å². The summed E-state index contributed by atoms with van der Waals surface area (Å²) in [5.74, 6) is 0.785. The molecule has 0 radical (unpaired) electrons. The van der Waals surface area contributed by atoms with E-state index in [0.29, 0.717) is 0 Å². The van der Waals surface area contributed by atoms with Crippen LogP contribution < -0.4 is 5.32 Å². The van der Waals surface area contributed by atoms with Gasteiger partial charge in [-0.15, -0.1) is 11.3 Å². The van der Waals surface area contributed by atoms with Crippen molar-refractivity contribution in [1.82, 2.24) is 4.98 Å². The molecule has 0 spiro atoms. The number of hydrogen-bond donors (Lipinski definition) is 1. The fraction of sp³-hybridized carbons (Fsp3) is 0.727. The molecule has 0 aliphatic rings. The van der Waals surface area contributed by atoms with E-state index in [4.69, 9.17) is 0 Å². The lowest BCUT2D eigenvalue weighted by molar-refractivity contribution is 0.472. The average Bonchev–Trinajstić information content (AvgIpc) is 2.65. The predicted molar refractivity (Wildman–Crippen MR) is 71.6 cm³/mol. The summed E-state index contributed by atoms with van der Waals surface area (Å²) in [6.45, 7) is 5.56. The predicted octanol–water partition coefficient (Wildman–Crippen LogP) is 4.53. The molecule has 0 amide bonds. The number of rotatable bonds is 7. The van der Waals surface area contributed by atoms with E-state index in [0.717, 1.165) is 22.2 Å². The number of hydrogen-bond acceptors (Lipinski definition) is 3. The molecule has 1 rings (SSSR count). The smallest absolute Gasteiger partial charge is 0.183 e. The van der Waals surface area contributed by atoms with E-state index in [1.807, 2.05) is 5.38 Å². The molecule has 0 aliphatic carbocycles. The summed E-state index contributed by atoms with van der Waals surface area (Å²) in [4.78, 5) is 4.32. The maximum atomic E-state index is 4.32. The zero-order valence-electron chi connectivity index (χ0n) is 9.42. The molecule has 1 atom stereocenters. The minimum Gasteiger partial charge on any atom is -0.361 e. The van der Waals surface area contributed by atoms with Crippen LogP contribution in [0.2, 0.25) is 0 Å².